The maximum atomic E-state index is 12.8. The summed E-state index contributed by atoms with van der Waals surface area (Å²) in [6.45, 7) is 1.42. The molecule has 11 heteroatoms. The van der Waals surface area contributed by atoms with E-state index in [1.54, 1.807) is 26.6 Å². The summed E-state index contributed by atoms with van der Waals surface area (Å²) in [5.41, 5.74) is 12.4. The monoisotopic (exact) mass is 570 g/mol. The van der Waals surface area contributed by atoms with Crippen LogP contribution in [-0.4, -0.2) is 74.2 Å². The Balaban J connectivity index is 1.37. The zero-order valence-corrected chi connectivity index (χ0v) is 23.9. The number of aliphatic hydroxyl groups excluding tert-OH is 1. The van der Waals surface area contributed by atoms with Gasteiger partial charge in [0, 0.05) is 53.6 Å². The van der Waals surface area contributed by atoms with Crippen molar-refractivity contribution in [3.63, 3.8) is 0 Å². The van der Waals surface area contributed by atoms with Crippen molar-refractivity contribution in [2.75, 3.05) is 26.6 Å². The maximum Gasteiger partial charge on any atom is 0.248 e. The first-order valence-corrected chi connectivity index (χ1v) is 14.1. The molecule has 3 atom stereocenters. The first-order valence-electron chi connectivity index (χ1n) is 14.1. The van der Waals surface area contributed by atoms with Crippen molar-refractivity contribution in [3.05, 3.63) is 59.5 Å². The second-order valence-corrected chi connectivity index (χ2v) is 11.0. The lowest BCUT2D eigenvalue weighted by Gasteiger charge is -2.39. The molecule has 6 rings (SSSR count). The van der Waals surface area contributed by atoms with Crippen LogP contribution in [0.2, 0.25) is 0 Å². The molecule has 3 N–H and O–H groups in total. The Labute approximate surface area is 243 Å². The fourth-order valence-electron chi connectivity index (χ4n) is 6.71. The topological polar surface area (TPSA) is 145 Å². The van der Waals surface area contributed by atoms with Gasteiger partial charge >= 0.3 is 0 Å². The Morgan fingerprint density at radius 2 is 1.81 bits per heavy atom. The second-order valence-electron chi connectivity index (χ2n) is 11.0. The molecule has 2 unspecified atom stereocenters. The number of hydrogen-bond acceptors (Lipinski definition) is 9. The normalized spacial score (nSPS) is 19.8. The number of pyridine rings is 1. The van der Waals surface area contributed by atoms with E-state index in [-0.39, 0.29) is 35.5 Å². The Morgan fingerprint density at radius 1 is 1.07 bits per heavy atom. The van der Waals surface area contributed by atoms with Crippen molar-refractivity contribution >= 4 is 23.2 Å². The number of fused-ring (bicyclic) bond motifs is 3. The minimum absolute atomic E-state index is 0.0101. The summed E-state index contributed by atoms with van der Waals surface area (Å²) in [6, 6.07) is 9.80. The number of ether oxygens (including phenoxy) is 2. The van der Waals surface area contributed by atoms with Crippen molar-refractivity contribution in [2.24, 2.45) is 0 Å². The zero-order chi connectivity index (χ0) is 29.5. The number of benzene rings is 1. The second kappa shape index (κ2) is 11.1. The predicted octanol–water partition coefficient (Wildman–Crippen LogP) is 3.63. The molecule has 2 aliphatic rings. The molecule has 0 aliphatic carbocycles. The molecule has 1 amide bonds. The van der Waals surface area contributed by atoms with Crippen molar-refractivity contribution in [2.45, 2.75) is 57.2 Å². The number of nitrogens with zero attached hydrogens (tertiary/aromatic N) is 5. The van der Waals surface area contributed by atoms with Crippen molar-refractivity contribution < 1.29 is 24.2 Å². The Kier molecular flexibility index (Phi) is 7.38. The van der Waals surface area contributed by atoms with Crippen molar-refractivity contribution in [3.8, 4) is 28.1 Å². The van der Waals surface area contributed by atoms with E-state index in [2.05, 4.69) is 5.10 Å². The highest BCUT2D eigenvalue weighted by molar-refractivity contribution is 6.00. The highest BCUT2D eigenvalue weighted by Gasteiger charge is 2.44. The number of anilines is 1. The number of nitrogens with two attached hydrogens (primary N) is 1. The van der Waals surface area contributed by atoms with Crippen LogP contribution in [-0.2, 0) is 16.1 Å². The molecule has 4 aromatic rings. The number of aromatic nitrogens is 4. The van der Waals surface area contributed by atoms with E-state index in [1.165, 1.54) is 11.4 Å². The lowest BCUT2D eigenvalue weighted by molar-refractivity contribution is -0.138. The summed E-state index contributed by atoms with van der Waals surface area (Å²) in [5, 5.41) is 14.0. The summed E-state index contributed by atoms with van der Waals surface area (Å²) in [7, 11) is 3.28. The van der Waals surface area contributed by atoms with Crippen LogP contribution in [0.1, 0.15) is 60.1 Å². The Bertz CT molecular complexity index is 1650. The molecule has 2 fully saturated rings. The van der Waals surface area contributed by atoms with E-state index < -0.39 is 6.61 Å². The first-order chi connectivity index (χ1) is 20.3. The van der Waals surface area contributed by atoms with E-state index >= 15 is 0 Å². The lowest BCUT2D eigenvalue weighted by atomic mass is 9.85. The molecule has 42 heavy (non-hydrogen) atoms. The summed E-state index contributed by atoms with van der Waals surface area (Å²) in [4.78, 5) is 36.8. The molecule has 0 radical (unpaired) electrons. The molecule has 2 saturated heterocycles. The standard InChI is InChI=1S/C31H34N6O5/c1-17(39)28-29(20-11-22-6-7-23(12-20)36(22)27(40)15-38)35-31-24(14-34-37(31)30(28)32)19-4-8-25(33-13-19)18-5-9-26(42-3)21(10-18)16-41-2/h4-5,8-10,13-14,20,22-23,38H,6-7,11-12,15-16,32H2,1-3H3/t20?,22-,23?/m1/s1. The number of nitrogen functional groups attached to an aromatic ring is 1. The molecule has 2 bridgehead atoms. The third-order valence-electron chi connectivity index (χ3n) is 8.56. The van der Waals surface area contributed by atoms with Gasteiger partial charge in [0.15, 0.2) is 11.4 Å². The number of methoxy groups -OCH3 is 2. The summed E-state index contributed by atoms with van der Waals surface area (Å²) in [5.74, 6) is 0.550. The summed E-state index contributed by atoms with van der Waals surface area (Å²) >= 11 is 0. The largest absolute Gasteiger partial charge is 0.496 e. The van der Waals surface area contributed by atoms with Gasteiger partial charge in [-0.15, -0.1) is 0 Å². The average Bonchev–Trinajstić information content (AvgIpc) is 3.54. The van der Waals surface area contributed by atoms with E-state index in [4.69, 9.17) is 25.2 Å². The van der Waals surface area contributed by atoms with Crippen LogP contribution < -0.4 is 10.5 Å². The lowest BCUT2D eigenvalue weighted by Crippen LogP contribution is -2.47. The molecule has 11 nitrogen and oxygen atoms in total. The SMILES string of the molecule is COCc1cc(-c2ccc(-c3cnn4c(N)c(C(C)=O)c(C5CC6CC[C@H](C5)N6C(=O)CO)nc34)cn2)ccc1OC. The van der Waals surface area contributed by atoms with E-state index in [0.29, 0.717) is 36.4 Å². The molecule has 1 aromatic carbocycles. The van der Waals surface area contributed by atoms with Crippen LogP contribution in [0.3, 0.4) is 0 Å². The minimum Gasteiger partial charge on any atom is -0.496 e. The van der Waals surface area contributed by atoms with Crippen LogP contribution >= 0.6 is 0 Å². The van der Waals surface area contributed by atoms with E-state index in [0.717, 1.165) is 46.5 Å². The summed E-state index contributed by atoms with van der Waals surface area (Å²) in [6.07, 6.45) is 6.55. The first kappa shape index (κ1) is 27.8. The van der Waals surface area contributed by atoms with Gasteiger partial charge in [-0.3, -0.25) is 14.6 Å². The average molecular weight is 571 g/mol. The van der Waals surface area contributed by atoms with Crippen LogP contribution in [0.5, 0.6) is 5.75 Å². The van der Waals surface area contributed by atoms with Crippen LogP contribution in [0.4, 0.5) is 5.82 Å². The number of ketones is 1. The molecule has 2 aliphatic heterocycles. The highest BCUT2D eigenvalue weighted by atomic mass is 16.5. The number of Topliss-reactive ketones (excluding diaryl/α,β-unsaturated/α-hetero) is 1. The predicted molar refractivity (Wildman–Crippen MR) is 156 cm³/mol. The molecule has 218 valence electrons. The molecule has 5 heterocycles. The zero-order valence-electron chi connectivity index (χ0n) is 23.9. The molecule has 3 aromatic heterocycles. The molecular formula is C31H34N6O5. The maximum absolute atomic E-state index is 12.8. The molecular weight excluding hydrogens is 536 g/mol. The number of piperidine rings is 1. The van der Waals surface area contributed by atoms with Crippen LogP contribution in [0.15, 0.2) is 42.7 Å². The highest BCUT2D eigenvalue weighted by Crippen LogP contribution is 2.44. The smallest absolute Gasteiger partial charge is 0.248 e. The van der Waals surface area contributed by atoms with Gasteiger partial charge in [-0.2, -0.15) is 9.61 Å². The number of hydrogen-bond donors (Lipinski definition) is 2. The van der Waals surface area contributed by atoms with Crippen molar-refractivity contribution in [1.29, 1.82) is 0 Å². The number of amides is 1. The van der Waals surface area contributed by atoms with E-state index in [9.17, 15) is 14.7 Å². The van der Waals surface area contributed by atoms with Gasteiger partial charge in [-0.05, 0) is 56.9 Å². The van der Waals surface area contributed by atoms with Crippen LogP contribution in [0, 0.1) is 0 Å². The third-order valence-corrected chi connectivity index (χ3v) is 8.56. The number of rotatable bonds is 8. The van der Waals surface area contributed by atoms with Crippen molar-refractivity contribution in [1.82, 2.24) is 24.5 Å². The number of aliphatic hydroxyl groups is 1. The van der Waals surface area contributed by atoms with E-state index in [1.807, 2.05) is 35.2 Å². The van der Waals surface area contributed by atoms with Crippen LogP contribution in [0.25, 0.3) is 28.0 Å². The van der Waals surface area contributed by atoms with Gasteiger partial charge in [0.05, 0.1) is 36.9 Å². The Morgan fingerprint density at radius 3 is 2.43 bits per heavy atom. The van der Waals surface area contributed by atoms with Gasteiger partial charge in [0.2, 0.25) is 5.91 Å². The number of carbonyl (C=O) groups excluding carboxylic acids is 2. The van der Waals surface area contributed by atoms with Gasteiger partial charge < -0.3 is 25.2 Å². The minimum atomic E-state index is -0.494. The number of carbonyl (C=O) groups is 2. The molecule has 0 saturated carbocycles. The van der Waals surface area contributed by atoms with Gasteiger partial charge in [0.1, 0.15) is 18.2 Å². The van der Waals surface area contributed by atoms with Gasteiger partial charge in [-0.25, -0.2) is 4.98 Å². The van der Waals surface area contributed by atoms with Gasteiger partial charge in [-0.1, -0.05) is 6.07 Å². The fourth-order valence-corrected chi connectivity index (χ4v) is 6.71. The molecule has 0 spiro atoms. The third kappa shape index (κ3) is 4.68. The summed E-state index contributed by atoms with van der Waals surface area (Å²) < 4.78 is 12.3. The quantitative estimate of drug-likeness (QED) is 0.303. The van der Waals surface area contributed by atoms with Gasteiger partial charge in [0.25, 0.3) is 0 Å². The Hall–Kier alpha value is -4.35. The fraction of sp³-hybridized carbons (Fsp3) is 0.387.